The molecule has 2 fully saturated rings. The van der Waals surface area contributed by atoms with Gasteiger partial charge in [0.2, 0.25) is 0 Å². The van der Waals surface area contributed by atoms with Crippen LogP contribution < -0.4 is 10.2 Å². The molecule has 2 aliphatic carbocycles. The Labute approximate surface area is 186 Å². The molecule has 0 aromatic carbocycles. The first-order valence-electron chi connectivity index (χ1n) is 11.5. The molecule has 0 atom stereocenters. The fourth-order valence-corrected chi connectivity index (χ4v) is 5.47. The lowest BCUT2D eigenvalue weighted by Gasteiger charge is -2.27. The van der Waals surface area contributed by atoms with Crippen LogP contribution in [0.3, 0.4) is 0 Å². The predicted octanol–water partition coefficient (Wildman–Crippen LogP) is 2.89. The van der Waals surface area contributed by atoms with Crippen LogP contribution in [0.5, 0.6) is 0 Å². The van der Waals surface area contributed by atoms with Crippen LogP contribution in [0, 0.1) is 0 Å². The Balaban J connectivity index is 1.25. The number of rotatable bonds is 2. The summed E-state index contributed by atoms with van der Waals surface area (Å²) in [6, 6.07) is 6.33. The molecule has 3 aromatic rings. The van der Waals surface area contributed by atoms with Crippen LogP contribution in [-0.2, 0) is 24.0 Å². The fourth-order valence-electron chi connectivity index (χ4n) is 5.47. The van der Waals surface area contributed by atoms with Crippen molar-refractivity contribution in [3.05, 3.63) is 53.0 Å². The van der Waals surface area contributed by atoms with Crippen molar-refractivity contribution in [1.29, 1.82) is 0 Å². The number of aromatic amines is 1. The van der Waals surface area contributed by atoms with E-state index in [1.165, 1.54) is 16.7 Å². The van der Waals surface area contributed by atoms with Gasteiger partial charge in [-0.3, -0.25) is 9.78 Å². The standard InChI is InChI=1S/C25H25N5O2/c31-24-22-17-3-1-15-13-26-19(16-2-4-21(27-14-16)30-7-9-32-10-8-30)11-18(15)23(17)28-20(22)12-25(29-24)5-6-25/h2,4,11,13-14,28H,1,3,5-10,12H2,(H,29,31). The van der Waals surface area contributed by atoms with E-state index in [-0.39, 0.29) is 11.4 Å². The van der Waals surface area contributed by atoms with Crippen molar-refractivity contribution < 1.29 is 9.53 Å². The fraction of sp³-hybridized carbons (Fsp3) is 0.400. The second kappa shape index (κ2) is 6.65. The van der Waals surface area contributed by atoms with Gasteiger partial charge >= 0.3 is 0 Å². The van der Waals surface area contributed by atoms with Gasteiger partial charge in [-0.15, -0.1) is 0 Å². The van der Waals surface area contributed by atoms with E-state index in [0.29, 0.717) is 0 Å². The summed E-state index contributed by atoms with van der Waals surface area (Å²) in [6.45, 7) is 3.24. The minimum absolute atomic E-state index is 0.0116. The summed E-state index contributed by atoms with van der Waals surface area (Å²) in [7, 11) is 0. The van der Waals surface area contributed by atoms with E-state index in [9.17, 15) is 4.79 Å². The normalized spacial score (nSPS) is 20.4. The van der Waals surface area contributed by atoms with Gasteiger partial charge in [-0.1, -0.05) is 0 Å². The lowest BCUT2D eigenvalue weighted by Crippen LogP contribution is -2.43. The van der Waals surface area contributed by atoms with E-state index in [1.807, 2.05) is 12.4 Å². The molecule has 162 valence electrons. The number of H-pyrrole nitrogens is 1. The van der Waals surface area contributed by atoms with Crippen LogP contribution in [0.1, 0.15) is 40.0 Å². The molecule has 2 N–H and O–H groups in total. The average molecular weight is 428 g/mol. The van der Waals surface area contributed by atoms with Crippen molar-refractivity contribution in [2.75, 3.05) is 31.2 Å². The molecule has 2 aliphatic heterocycles. The summed E-state index contributed by atoms with van der Waals surface area (Å²) < 4.78 is 5.44. The summed E-state index contributed by atoms with van der Waals surface area (Å²) in [6.07, 6.45) is 8.78. The number of pyridine rings is 2. The first-order chi connectivity index (χ1) is 15.7. The highest BCUT2D eigenvalue weighted by atomic mass is 16.5. The minimum atomic E-state index is 0.0116. The number of morpholine rings is 1. The number of carbonyl (C=O) groups excluding carboxylic acids is 1. The Hall–Kier alpha value is -3.19. The smallest absolute Gasteiger partial charge is 0.253 e. The van der Waals surface area contributed by atoms with Gasteiger partial charge < -0.3 is 19.9 Å². The molecule has 7 rings (SSSR count). The zero-order valence-corrected chi connectivity index (χ0v) is 17.9. The van der Waals surface area contributed by atoms with Gasteiger partial charge in [-0.05, 0) is 55.0 Å². The van der Waals surface area contributed by atoms with E-state index in [4.69, 9.17) is 14.7 Å². The Morgan fingerprint density at radius 3 is 2.72 bits per heavy atom. The molecule has 1 spiro atoms. The largest absolute Gasteiger partial charge is 0.378 e. The van der Waals surface area contributed by atoms with E-state index in [2.05, 4.69) is 33.4 Å². The lowest BCUT2D eigenvalue weighted by atomic mass is 9.87. The van der Waals surface area contributed by atoms with E-state index < -0.39 is 0 Å². The maximum absolute atomic E-state index is 12.9. The van der Waals surface area contributed by atoms with E-state index in [1.54, 1.807) is 0 Å². The third-order valence-electron chi connectivity index (χ3n) is 7.43. The maximum atomic E-state index is 12.9. The van der Waals surface area contributed by atoms with Gasteiger partial charge in [0, 0.05) is 54.3 Å². The summed E-state index contributed by atoms with van der Waals surface area (Å²) in [4.78, 5) is 28.2. The van der Waals surface area contributed by atoms with Crippen molar-refractivity contribution in [2.24, 2.45) is 0 Å². The molecule has 1 amide bonds. The summed E-state index contributed by atoms with van der Waals surface area (Å²) in [5.41, 5.74) is 8.59. The Morgan fingerprint density at radius 2 is 1.94 bits per heavy atom. The highest BCUT2D eigenvalue weighted by Crippen LogP contribution is 2.45. The van der Waals surface area contributed by atoms with Gasteiger partial charge in [0.05, 0.1) is 30.2 Å². The number of carbonyl (C=O) groups is 1. The molecule has 5 heterocycles. The summed E-state index contributed by atoms with van der Waals surface area (Å²) in [5.74, 6) is 1.08. The molecular weight excluding hydrogens is 402 g/mol. The number of hydrogen-bond acceptors (Lipinski definition) is 5. The van der Waals surface area contributed by atoms with Crippen LogP contribution >= 0.6 is 0 Å². The topological polar surface area (TPSA) is 83.1 Å². The Morgan fingerprint density at radius 1 is 1.06 bits per heavy atom. The Kier molecular flexibility index (Phi) is 3.82. The number of anilines is 1. The lowest BCUT2D eigenvalue weighted by molar-refractivity contribution is 0.0917. The molecule has 1 saturated carbocycles. The second-order valence-corrected chi connectivity index (χ2v) is 9.47. The SMILES string of the molecule is O=C1NC2(CC2)Cc2[nH]c3c(c21)CCc1cnc(-c2ccc(N4CCOCC4)nc2)cc1-3. The van der Waals surface area contributed by atoms with Crippen molar-refractivity contribution in [1.82, 2.24) is 20.3 Å². The average Bonchev–Trinajstić information content (AvgIpc) is 3.45. The molecule has 1 saturated heterocycles. The summed E-state index contributed by atoms with van der Waals surface area (Å²) >= 11 is 0. The van der Waals surface area contributed by atoms with Crippen LogP contribution in [0.25, 0.3) is 22.5 Å². The van der Waals surface area contributed by atoms with Gasteiger partial charge in [-0.2, -0.15) is 0 Å². The summed E-state index contributed by atoms with van der Waals surface area (Å²) in [5, 5.41) is 3.26. The number of aromatic nitrogens is 3. The van der Waals surface area contributed by atoms with Gasteiger partial charge in [-0.25, -0.2) is 4.98 Å². The molecule has 0 unspecified atom stereocenters. The first-order valence-corrected chi connectivity index (χ1v) is 11.5. The number of amides is 1. The predicted molar refractivity (Wildman–Crippen MR) is 121 cm³/mol. The molecular formula is C25H25N5O2. The quantitative estimate of drug-likeness (QED) is 0.657. The van der Waals surface area contributed by atoms with Gasteiger partial charge in [0.1, 0.15) is 5.82 Å². The number of aryl methyl sites for hydroxylation is 1. The van der Waals surface area contributed by atoms with E-state index >= 15 is 0 Å². The molecule has 0 bridgehead atoms. The zero-order valence-electron chi connectivity index (χ0n) is 17.9. The van der Waals surface area contributed by atoms with Gasteiger partial charge in [0.25, 0.3) is 5.91 Å². The number of nitrogens with one attached hydrogen (secondary N) is 2. The highest BCUT2D eigenvalue weighted by molar-refractivity contribution is 6.01. The number of nitrogens with zero attached hydrogens (tertiary/aromatic N) is 3. The molecule has 4 aliphatic rings. The van der Waals surface area contributed by atoms with Crippen molar-refractivity contribution in [3.8, 4) is 22.5 Å². The van der Waals surface area contributed by atoms with Crippen LogP contribution in [0.2, 0.25) is 0 Å². The third kappa shape index (κ3) is 2.80. The molecule has 0 radical (unpaired) electrons. The first kappa shape index (κ1) is 18.4. The van der Waals surface area contributed by atoms with Crippen LogP contribution in [-0.4, -0.2) is 52.7 Å². The van der Waals surface area contributed by atoms with Crippen molar-refractivity contribution in [2.45, 2.75) is 37.6 Å². The van der Waals surface area contributed by atoms with Crippen LogP contribution in [0.4, 0.5) is 5.82 Å². The minimum Gasteiger partial charge on any atom is -0.378 e. The third-order valence-corrected chi connectivity index (χ3v) is 7.43. The maximum Gasteiger partial charge on any atom is 0.253 e. The van der Waals surface area contributed by atoms with Crippen molar-refractivity contribution >= 4 is 11.7 Å². The van der Waals surface area contributed by atoms with Crippen molar-refractivity contribution in [3.63, 3.8) is 0 Å². The molecule has 32 heavy (non-hydrogen) atoms. The number of hydrogen-bond donors (Lipinski definition) is 2. The number of fused-ring (bicyclic) bond motifs is 5. The van der Waals surface area contributed by atoms with Crippen LogP contribution in [0.15, 0.2) is 30.6 Å². The number of ether oxygens (including phenoxy) is 1. The van der Waals surface area contributed by atoms with Gasteiger partial charge in [0.15, 0.2) is 0 Å². The molecule has 3 aromatic heterocycles. The second-order valence-electron chi connectivity index (χ2n) is 9.47. The zero-order chi connectivity index (χ0) is 21.3. The highest BCUT2D eigenvalue weighted by Gasteiger charge is 2.49. The Bertz CT molecular complexity index is 1240. The molecule has 7 heteroatoms. The van der Waals surface area contributed by atoms with E-state index in [0.717, 1.165) is 92.4 Å². The molecule has 7 nitrogen and oxygen atoms in total. The monoisotopic (exact) mass is 427 g/mol.